The number of hydrogen-bond donors (Lipinski definition) is 1. The molecule has 1 atom stereocenters. The molecule has 0 saturated carbocycles. The van der Waals surface area contributed by atoms with Crippen LogP contribution in [0.4, 0.5) is 8.78 Å². The number of likely N-dealkylation sites (N-methyl/N-ethyl adjacent to an activating group) is 1. The first-order valence-electron chi connectivity index (χ1n) is 6.69. The van der Waals surface area contributed by atoms with Gasteiger partial charge in [-0.25, -0.2) is 8.78 Å². The van der Waals surface area contributed by atoms with Gasteiger partial charge in [0.15, 0.2) is 11.6 Å². The molecule has 0 heterocycles. The van der Waals surface area contributed by atoms with Crippen molar-refractivity contribution in [1.29, 1.82) is 0 Å². The minimum absolute atomic E-state index is 0.0826. The van der Waals surface area contributed by atoms with E-state index in [-0.39, 0.29) is 6.04 Å². The fraction of sp³-hybridized carbons (Fsp3) is 0.294. The molecule has 0 aromatic heterocycles. The van der Waals surface area contributed by atoms with E-state index in [0.29, 0.717) is 6.42 Å². The predicted octanol–water partition coefficient (Wildman–Crippen LogP) is 4.08. The van der Waals surface area contributed by atoms with Crippen molar-refractivity contribution in [1.82, 2.24) is 5.32 Å². The van der Waals surface area contributed by atoms with E-state index in [1.54, 1.807) is 6.07 Å². The number of benzene rings is 2. The van der Waals surface area contributed by atoms with Gasteiger partial charge in [-0.15, -0.1) is 0 Å². The molecule has 0 radical (unpaired) electrons. The van der Waals surface area contributed by atoms with E-state index in [2.05, 4.69) is 37.4 Å². The summed E-state index contributed by atoms with van der Waals surface area (Å²) in [5.74, 6) is -1.60. The Kier molecular flexibility index (Phi) is 4.50. The summed E-state index contributed by atoms with van der Waals surface area (Å²) >= 11 is 0. The lowest BCUT2D eigenvalue weighted by Crippen LogP contribution is -2.19. The molecule has 1 unspecified atom stereocenters. The molecule has 0 bridgehead atoms. The van der Waals surface area contributed by atoms with Crippen LogP contribution in [0.3, 0.4) is 0 Å². The zero-order valence-corrected chi connectivity index (χ0v) is 12.0. The van der Waals surface area contributed by atoms with Crippen molar-refractivity contribution in [2.24, 2.45) is 0 Å². The zero-order chi connectivity index (χ0) is 14.7. The fourth-order valence-electron chi connectivity index (χ4n) is 2.27. The van der Waals surface area contributed by atoms with Crippen molar-refractivity contribution in [2.45, 2.75) is 26.3 Å². The van der Waals surface area contributed by atoms with Crippen LogP contribution in [0.1, 0.15) is 28.3 Å². The summed E-state index contributed by atoms with van der Waals surface area (Å²) in [5.41, 5.74) is 4.41. The first kappa shape index (κ1) is 14.7. The normalized spacial score (nSPS) is 12.4. The smallest absolute Gasteiger partial charge is 0.159 e. The standard InChI is InChI=1S/C17H19F2N/c1-11-4-6-14(8-12(11)2)17(20-3)10-13-5-7-15(18)16(19)9-13/h4-9,17,20H,10H2,1-3H3. The molecule has 0 saturated heterocycles. The van der Waals surface area contributed by atoms with Gasteiger partial charge in [-0.1, -0.05) is 24.3 Å². The molecule has 2 aromatic rings. The van der Waals surface area contributed by atoms with Gasteiger partial charge in [-0.2, -0.15) is 0 Å². The monoisotopic (exact) mass is 275 g/mol. The Labute approximate surface area is 118 Å². The first-order valence-corrected chi connectivity index (χ1v) is 6.69. The molecule has 3 heteroatoms. The Hall–Kier alpha value is -1.74. The van der Waals surface area contributed by atoms with E-state index < -0.39 is 11.6 Å². The summed E-state index contributed by atoms with van der Waals surface area (Å²) in [6.45, 7) is 4.14. The van der Waals surface area contributed by atoms with E-state index in [1.807, 2.05) is 7.05 Å². The van der Waals surface area contributed by atoms with Gasteiger partial charge in [0.25, 0.3) is 0 Å². The van der Waals surface area contributed by atoms with Gasteiger partial charge in [-0.05, 0) is 61.7 Å². The molecule has 0 aliphatic rings. The second-order valence-corrected chi connectivity index (χ2v) is 5.14. The Balaban J connectivity index is 2.23. The lowest BCUT2D eigenvalue weighted by Gasteiger charge is -2.18. The molecule has 2 rings (SSSR count). The van der Waals surface area contributed by atoms with Gasteiger partial charge in [-0.3, -0.25) is 0 Å². The maximum Gasteiger partial charge on any atom is 0.159 e. The van der Waals surface area contributed by atoms with Gasteiger partial charge < -0.3 is 5.32 Å². The predicted molar refractivity (Wildman–Crippen MR) is 77.8 cm³/mol. The second kappa shape index (κ2) is 6.14. The molecule has 1 N–H and O–H groups in total. The summed E-state index contributed by atoms with van der Waals surface area (Å²) in [4.78, 5) is 0. The van der Waals surface area contributed by atoms with Crippen LogP contribution in [0.25, 0.3) is 0 Å². The largest absolute Gasteiger partial charge is 0.313 e. The van der Waals surface area contributed by atoms with E-state index >= 15 is 0 Å². The molecule has 20 heavy (non-hydrogen) atoms. The van der Waals surface area contributed by atoms with Crippen LogP contribution >= 0.6 is 0 Å². The van der Waals surface area contributed by atoms with Gasteiger partial charge in [0.05, 0.1) is 0 Å². The lowest BCUT2D eigenvalue weighted by atomic mass is 9.96. The van der Waals surface area contributed by atoms with Crippen LogP contribution in [0.2, 0.25) is 0 Å². The number of hydrogen-bond acceptors (Lipinski definition) is 1. The average Bonchev–Trinajstić information content (AvgIpc) is 2.43. The molecule has 0 aliphatic carbocycles. The highest BCUT2D eigenvalue weighted by molar-refractivity contribution is 5.33. The fourth-order valence-corrected chi connectivity index (χ4v) is 2.27. The third kappa shape index (κ3) is 3.23. The van der Waals surface area contributed by atoms with Crippen LogP contribution < -0.4 is 5.32 Å². The van der Waals surface area contributed by atoms with E-state index in [4.69, 9.17) is 0 Å². The molecular formula is C17H19F2N. The van der Waals surface area contributed by atoms with Crippen molar-refractivity contribution in [3.8, 4) is 0 Å². The zero-order valence-electron chi connectivity index (χ0n) is 12.0. The lowest BCUT2D eigenvalue weighted by molar-refractivity contribution is 0.504. The Bertz CT molecular complexity index is 608. The minimum Gasteiger partial charge on any atom is -0.313 e. The minimum atomic E-state index is -0.805. The Morgan fingerprint density at radius 2 is 1.70 bits per heavy atom. The number of halogens is 2. The average molecular weight is 275 g/mol. The highest BCUT2D eigenvalue weighted by Gasteiger charge is 2.12. The van der Waals surface area contributed by atoms with Crippen LogP contribution in [0, 0.1) is 25.5 Å². The van der Waals surface area contributed by atoms with Crippen LogP contribution in [0.15, 0.2) is 36.4 Å². The third-order valence-corrected chi connectivity index (χ3v) is 3.71. The molecule has 0 aliphatic heterocycles. The van der Waals surface area contributed by atoms with Gasteiger partial charge in [0.1, 0.15) is 0 Å². The SMILES string of the molecule is CNC(Cc1ccc(F)c(F)c1)c1ccc(C)c(C)c1. The molecule has 0 spiro atoms. The maximum absolute atomic E-state index is 13.3. The Morgan fingerprint density at radius 1 is 0.950 bits per heavy atom. The summed E-state index contributed by atoms with van der Waals surface area (Å²) < 4.78 is 26.2. The molecular weight excluding hydrogens is 256 g/mol. The highest BCUT2D eigenvalue weighted by atomic mass is 19.2. The number of rotatable bonds is 4. The van der Waals surface area contributed by atoms with Crippen LogP contribution in [-0.2, 0) is 6.42 Å². The van der Waals surface area contributed by atoms with Crippen molar-refractivity contribution in [3.63, 3.8) is 0 Å². The molecule has 2 aromatic carbocycles. The van der Waals surface area contributed by atoms with Crippen molar-refractivity contribution >= 4 is 0 Å². The summed E-state index contributed by atoms with van der Waals surface area (Å²) in [5, 5.41) is 3.23. The number of aryl methyl sites for hydroxylation is 2. The van der Waals surface area contributed by atoms with Crippen LogP contribution in [-0.4, -0.2) is 7.05 Å². The first-order chi connectivity index (χ1) is 9.51. The van der Waals surface area contributed by atoms with Gasteiger partial charge in [0, 0.05) is 6.04 Å². The van der Waals surface area contributed by atoms with Crippen LogP contribution in [0.5, 0.6) is 0 Å². The van der Waals surface area contributed by atoms with E-state index in [0.717, 1.165) is 11.1 Å². The third-order valence-electron chi connectivity index (χ3n) is 3.71. The summed E-state index contributed by atoms with van der Waals surface area (Å²) in [6.07, 6.45) is 0.621. The molecule has 0 fully saturated rings. The van der Waals surface area contributed by atoms with Crippen molar-refractivity contribution < 1.29 is 8.78 Å². The Morgan fingerprint density at radius 3 is 2.30 bits per heavy atom. The summed E-state index contributed by atoms with van der Waals surface area (Å²) in [7, 11) is 1.87. The molecule has 1 nitrogen and oxygen atoms in total. The quantitative estimate of drug-likeness (QED) is 0.886. The van der Waals surface area contributed by atoms with E-state index in [9.17, 15) is 8.78 Å². The maximum atomic E-state index is 13.3. The van der Waals surface area contributed by atoms with Gasteiger partial charge in [0.2, 0.25) is 0 Å². The van der Waals surface area contributed by atoms with Crippen molar-refractivity contribution in [3.05, 3.63) is 70.3 Å². The summed E-state index contributed by atoms with van der Waals surface area (Å²) in [6, 6.07) is 10.4. The number of nitrogens with one attached hydrogen (secondary N) is 1. The molecule has 106 valence electrons. The second-order valence-electron chi connectivity index (χ2n) is 5.14. The van der Waals surface area contributed by atoms with E-state index in [1.165, 1.54) is 23.3 Å². The highest BCUT2D eigenvalue weighted by Crippen LogP contribution is 2.21. The van der Waals surface area contributed by atoms with Crippen molar-refractivity contribution in [2.75, 3.05) is 7.05 Å². The molecule has 0 amide bonds. The van der Waals surface area contributed by atoms with Gasteiger partial charge >= 0.3 is 0 Å². The topological polar surface area (TPSA) is 12.0 Å².